The van der Waals surface area contributed by atoms with Gasteiger partial charge in [0.2, 0.25) is 23.6 Å². The van der Waals surface area contributed by atoms with E-state index in [9.17, 15) is 43.4 Å². The second-order valence-corrected chi connectivity index (χ2v) is 15.8. The lowest BCUT2D eigenvalue weighted by Crippen LogP contribution is -2.54. The second kappa shape index (κ2) is 22.4. The maximum absolute atomic E-state index is 15.0. The number of carbonyl (C=O) groups is 6. The van der Waals surface area contributed by atoms with Crippen LogP contribution in [0.4, 0.5) is 13.6 Å². The van der Waals surface area contributed by atoms with E-state index < -0.39 is 89.4 Å². The molecule has 0 spiro atoms. The summed E-state index contributed by atoms with van der Waals surface area (Å²) in [6.45, 7) is 8.05. The summed E-state index contributed by atoms with van der Waals surface area (Å²) in [5.74, 6) is -5.44. The van der Waals surface area contributed by atoms with E-state index in [2.05, 4.69) is 21.3 Å². The molecule has 2 aromatic carbocycles. The zero-order valence-corrected chi connectivity index (χ0v) is 34.5. The highest BCUT2D eigenvalue weighted by Gasteiger charge is 2.39. The minimum atomic E-state index is -1.30. The Labute approximate surface area is 347 Å². The summed E-state index contributed by atoms with van der Waals surface area (Å²) in [4.78, 5) is 81.1. The number of imidazole rings is 1. The number of halogens is 2. The number of nitrogens with one attached hydrogen (secondary N) is 4. The molecule has 0 aliphatic rings. The number of aliphatic hydroxyl groups is 1. The second-order valence-electron chi connectivity index (χ2n) is 15.8. The van der Waals surface area contributed by atoms with Crippen molar-refractivity contribution in [3.05, 3.63) is 77.8 Å². The highest BCUT2D eigenvalue weighted by molar-refractivity contribution is 5.91. The number of hydrogen-bond donors (Lipinski definition) is 8. The third-order valence-electron chi connectivity index (χ3n) is 9.56. The van der Waals surface area contributed by atoms with Crippen molar-refractivity contribution < 1.29 is 47.8 Å². The number of aromatic nitrogens is 2. The van der Waals surface area contributed by atoms with E-state index in [1.807, 2.05) is 51.1 Å². The van der Waals surface area contributed by atoms with Gasteiger partial charge in [0, 0.05) is 44.4 Å². The Bertz CT molecular complexity index is 1960. The molecule has 4 atom stereocenters. The van der Waals surface area contributed by atoms with E-state index in [0.717, 1.165) is 23.8 Å². The van der Waals surface area contributed by atoms with Crippen LogP contribution in [-0.2, 0) is 30.5 Å². The zero-order chi connectivity index (χ0) is 44.7. The number of benzene rings is 2. The Kier molecular flexibility index (Phi) is 18.1. The quantitative estimate of drug-likeness (QED) is 0.0684. The molecule has 0 saturated carbocycles. The van der Waals surface area contributed by atoms with Gasteiger partial charge in [-0.25, -0.2) is 23.4 Å². The van der Waals surface area contributed by atoms with Crippen LogP contribution >= 0.6 is 0 Å². The van der Waals surface area contributed by atoms with Gasteiger partial charge in [0.25, 0.3) is 0 Å². The van der Waals surface area contributed by atoms with Crippen molar-refractivity contribution in [1.29, 1.82) is 0 Å². The average molecular weight is 842 g/mol. The first-order valence-electron chi connectivity index (χ1n) is 19.6. The van der Waals surface area contributed by atoms with Crippen LogP contribution in [0.15, 0.2) is 54.7 Å². The predicted octanol–water partition coefficient (Wildman–Crippen LogP) is 2.17. The molecule has 6 amide bonds. The molecular weight excluding hydrogens is 785 g/mol. The third kappa shape index (κ3) is 14.4. The van der Waals surface area contributed by atoms with Crippen molar-refractivity contribution in [2.24, 2.45) is 22.8 Å². The van der Waals surface area contributed by atoms with E-state index >= 15 is 4.39 Å². The number of aliphatic carboxylic acids is 1. The molecule has 10 N–H and O–H groups in total. The van der Waals surface area contributed by atoms with Crippen molar-refractivity contribution in [3.8, 4) is 11.3 Å². The number of aliphatic hydroxyl groups excluding tert-OH is 1. The van der Waals surface area contributed by atoms with E-state index in [0.29, 0.717) is 5.82 Å². The normalized spacial score (nSPS) is 13.4. The summed E-state index contributed by atoms with van der Waals surface area (Å²) >= 11 is 0. The average Bonchev–Trinajstić information content (AvgIpc) is 3.58. The number of urea groups is 1. The molecule has 0 aliphatic carbocycles. The molecule has 17 nitrogen and oxygen atoms in total. The van der Waals surface area contributed by atoms with E-state index in [1.165, 1.54) is 4.90 Å². The number of nitrogens with zero attached hydrogens (tertiary/aromatic N) is 3. The van der Waals surface area contributed by atoms with Crippen molar-refractivity contribution in [1.82, 2.24) is 35.7 Å². The van der Waals surface area contributed by atoms with Crippen molar-refractivity contribution in [3.63, 3.8) is 0 Å². The molecule has 3 aromatic rings. The largest absolute Gasteiger partial charge is 0.480 e. The van der Waals surface area contributed by atoms with Crippen molar-refractivity contribution in [2.45, 2.75) is 91.0 Å². The number of amides is 6. The number of carboxylic acids is 1. The fourth-order valence-corrected chi connectivity index (χ4v) is 6.52. The summed E-state index contributed by atoms with van der Waals surface area (Å²) in [6.07, 6.45) is 1.45. The van der Waals surface area contributed by atoms with Crippen LogP contribution in [0.5, 0.6) is 0 Å². The molecule has 1 aromatic heterocycles. The minimum absolute atomic E-state index is 0.00737. The van der Waals surface area contributed by atoms with Gasteiger partial charge in [-0.3, -0.25) is 19.2 Å². The Balaban J connectivity index is 1.72. The lowest BCUT2D eigenvalue weighted by Gasteiger charge is -2.40. The molecule has 1 heterocycles. The van der Waals surface area contributed by atoms with Crippen molar-refractivity contribution >= 4 is 35.6 Å². The van der Waals surface area contributed by atoms with E-state index in [-0.39, 0.29) is 63.1 Å². The number of primary amides is 1. The Morgan fingerprint density at radius 3 is 2.22 bits per heavy atom. The first kappa shape index (κ1) is 48.4. The first-order chi connectivity index (χ1) is 28.2. The summed E-state index contributed by atoms with van der Waals surface area (Å²) in [5, 5.41) is 29.6. The van der Waals surface area contributed by atoms with Crippen molar-refractivity contribution in [2.75, 3.05) is 26.2 Å². The topological polar surface area (TPSA) is 264 Å². The lowest BCUT2D eigenvalue weighted by molar-refractivity contribution is -0.142. The smallest absolute Gasteiger partial charge is 0.326 e. The third-order valence-corrected chi connectivity index (χ3v) is 9.56. The fourth-order valence-electron chi connectivity index (χ4n) is 6.52. The molecule has 0 radical (unpaired) electrons. The highest BCUT2D eigenvalue weighted by atomic mass is 19.1. The zero-order valence-electron chi connectivity index (χ0n) is 34.5. The van der Waals surface area contributed by atoms with E-state index in [4.69, 9.17) is 16.5 Å². The molecular formula is C41H57F2N9O8. The van der Waals surface area contributed by atoms with Gasteiger partial charge in [0.1, 0.15) is 36.1 Å². The molecule has 0 aliphatic heterocycles. The Morgan fingerprint density at radius 1 is 0.933 bits per heavy atom. The molecule has 3 rings (SSSR count). The van der Waals surface area contributed by atoms with Crippen LogP contribution in [0, 0.1) is 23.0 Å². The molecule has 60 heavy (non-hydrogen) atoms. The Hall–Kier alpha value is -5.95. The molecule has 328 valence electrons. The van der Waals surface area contributed by atoms with Gasteiger partial charge in [0.15, 0.2) is 0 Å². The van der Waals surface area contributed by atoms with Gasteiger partial charge in [-0.1, -0.05) is 65.0 Å². The molecule has 19 heteroatoms. The monoisotopic (exact) mass is 841 g/mol. The van der Waals surface area contributed by atoms with Gasteiger partial charge in [-0.2, -0.15) is 0 Å². The Morgan fingerprint density at radius 2 is 1.62 bits per heavy atom. The van der Waals surface area contributed by atoms with Crippen LogP contribution in [-0.4, -0.2) is 105 Å². The summed E-state index contributed by atoms with van der Waals surface area (Å²) in [5.41, 5.74) is 11.4. The fraction of sp³-hybridized carbons (Fsp3) is 0.488. The molecule has 0 fully saturated rings. The van der Waals surface area contributed by atoms with E-state index in [1.54, 1.807) is 24.6 Å². The minimum Gasteiger partial charge on any atom is -0.480 e. The summed E-state index contributed by atoms with van der Waals surface area (Å²) < 4.78 is 31.1. The van der Waals surface area contributed by atoms with Crippen LogP contribution in [0.2, 0.25) is 0 Å². The van der Waals surface area contributed by atoms with Crippen LogP contribution in [0.25, 0.3) is 11.3 Å². The van der Waals surface area contributed by atoms with Crippen LogP contribution < -0.4 is 32.7 Å². The number of nitrogens with two attached hydrogens (primary N) is 2. The van der Waals surface area contributed by atoms with Gasteiger partial charge in [-0.15, -0.1) is 0 Å². The molecule has 0 saturated heterocycles. The molecule has 0 bridgehead atoms. The maximum Gasteiger partial charge on any atom is 0.326 e. The number of rotatable bonds is 22. The predicted molar refractivity (Wildman–Crippen MR) is 217 cm³/mol. The van der Waals surface area contributed by atoms with Gasteiger partial charge >= 0.3 is 12.0 Å². The SMILES string of the molecule is CC(C)[C@H](NC(=O)CCNC(=O)[C@@H](N)CCN(C(=O)CO)[C@@H](c1nc(-c2cc(F)ccc2F)cn1Cc1ccccc1)C(C)(C)C)C(=O)N[C@@H](CCCNC(N)=O)C(=O)O. The highest BCUT2D eigenvalue weighted by Crippen LogP contribution is 2.39. The first-order valence-corrected chi connectivity index (χ1v) is 19.6. The lowest BCUT2D eigenvalue weighted by atomic mass is 9.84. The van der Waals surface area contributed by atoms with Crippen LogP contribution in [0.1, 0.15) is 77.7 Å². The summed E-state index contributed by atoms with van der Waals surface area (Å²) in [7, 11) is 0. The van der Waals surface area contributed by atoms with Gasteiger partial charge < -0.3 is 52.4 Å². The maximum atomic E-state index is 15.0. The van der Waals surface area contributed by atoms with Crippen LogP contribution in [0.3, 0.4) is 0 Å². The standard InChI is InChI=1S/C41H57F2N9O8/c1-24(2)34(38(57)49-30(39(58)59)12-9-17-47-40(45)60)50-32(54)15-18-46-37(56)29(44)16-19-52(33(55)23-53)35(41(3,4)5)36-48-31(27-20-26(42)13-14-28(27)43)22-51(36)21-25-10-7-6-8-11-25/h6-8,10-11,13-14,20,22,24,29-30,34-35,53H,9,12,15-19,21,23,44H2,1-5H3,(H,46,56)(H,49,57)(H,50,54)(H,58,59)(H3,45,47,60)/t29-,30-,34-,35-/m0/s1. The number of hydrogen-bond acceptors (Lipinski definition) is 9. The number of carboxylic acid groups (broad SMARTS) is 1. The molecule has 0 unspecified atom stereocenters. The summed E-state index contributed by atoms with van der Waals surface area (Å²) in [6, 6.07) is 7.15. The van der Waals surface area contributed by atoms with Gasteiger partial charge in [0.05, 0.1) is 17.8 Å². The van der Waals surface area contributed by atoms with Gasteiger partial charge in [-0.05, 0) is 54.4 Å². The number of carbonyl (C=O) groups excluding carboxylic acids is 5.